The minimum atomic E-state index is -3.74. The Kier molecular flexibility index (Phi) is 4.01. The second kappa shape index (κ2) is 5.56. The molecular formula is C13H15N3O3S. The Morgan fingerprint density at radius 2 is 1.85 bits per heavy atom. The van der Waals surface area contributed by atoms with Crippen LogP contribution in [0.3, 0.4) is 0 Å². The molecule has 0 saturated carbocycles. The number of aliphatic hydroxyl groups is 1. The molecule has 0 bridgehead atoms. The maximum atomic E-state index is 12.4. The quantitative estimate of drug-likeness (QED) is 0.888. The maximum absolute atomic E-state index is 12.4. The summed E-state index contributed by atoms with van der Waals surface area (Å²) in [5, 5.41) is 9.20. The number of anilines is 1. The van der Waals surface area contributed by atoms with E-state index in [2.05, 4.69) is 14.7 Å². The van der Waals surface area contributed by atoms with E-state index in [0.717, 1.165) is 5.56 Å². The highest BCUT2D eigenvalue weighted by Crippen LogP contribution is 2.23. The lowest BCUT2D eigenvalue weighted by molar-refractivity contribution is 0.281. The van der Waals surface area contributed by atoms with Crippen LogP contribution in [0, 0.1) is 13.8 Å². The van der Waals surface area contributed by atoms with Gasteiger partial charge >= 0.3 is 0 Å². The van der Waals surface area contributed by atoms with Gasteiger partial charge in [-0.25, -0.2) is 18.4 Å². The third-order valence-corrected chi connectivity index (χ3v) is 4.47. The molecule has 1 aromatic heterocycles. The van der Waals surface area contributed by atoms with E-state index in [9.17, 15) is 13.5 Å². The van der Waals surface area contributed by atoms with Gasteiger partial charge in [-0.15, -0.1) is 0 Å². The third kappa shape index (κ3) is 2.94. The van der Waals surface area contributed by atoms with Gasteiger partial charge in [-0.05, 0) is 36.6 Å². The van der Waals surface area contributed by atoms with Crippen LogP contribution in [0.25, 0.3) is 0 Å². The lowest BCUT2D eigenvalue weighted by atomic mass is 10.1. The van der Waals surface area contributed by atoms with Crippen LogP contribution in [-0.4, -0.2) is 23.5 Å². The lowest BCUT2D eigenvalue weighted by Gasteiger charge is -2.13. The molecule has 7 heteroatoms. The van der Waals surface area contributed by atoms with Crippen molar-refractivity contribution in [2.24, 2.45) is 0 Å². The number of nitrogens with one attached hydrogen (secondary N) is 1. The predicted octanol–water partition coefficient (Wildman–Crippen LogP) is 1.39. The molecule has 2 aromatic rings. The molecule has 0 unspecified atom stereocenters. The molecular weight excluding hydrogens is 278 g/mol. The van der Waals surface area contributed by atoms with Gasteiger partial charge in [0.05, 0.1) is 29.6 Å². The first-order valence-electron chi connectivity index (χ1n) is 5.93. The van der Waals surface area contributed by atoms with E-state index < -0.39 is 10.0 Å². The first-order chi connectivity index (χ1) is 9.44. The van der Waals surface area contributed by atoms with Crippen molar-refractivity contribution >= 4 is 15.7 Å². The molecule has 1 heterocycles. The number of rotatable bonds is 4. The Balaban J connectivity index is 2.47. The van der Waals surface area contributed by atoms with Gasteiger partial charge in [0, 0.05) is 0 Å². The fourth-order valence-corrected chi connectivity index (χ4v) is 3.23. The van der Waals surface area contributed by atoms with Crippen LogP contribution in [0.2, 0.25) is 0 Å². The van der Waals surface area contributed by atoms with Crippen molar-refractivity contribution in [1.29, 1.82) is 0 Å². The van der Waals surface area contributed by atoms with E-state index in [-0.39, 0.29) is 11.5 Å². The summed E-state index contributed by atoms with van der Waals surface area (Å²) in [4.78, 5) is 7.66. The van der Waals surface area contributed by atoms with Crippen LogP contribution < -0.4 is 4.72 Å². The fourth-order valence-electron chi connectivity index (χ4n) is 1.83. The van der Waals surface area contributed by atoms with Crippen molar-refractivity contribution in [2.45, 2.75) is 25.3 Å². The first-order valence-corrected chi connectivity index (χ1v) is 7.41. The zero-order valence-electron chi connectivity index (χ0n) is 11.2. The van der Waals surface area contributed by atoms with E-state index in [4.69, 9.17) is 0 Å². The Morgan fingerprint density at radius 3 is 2.45 bits per heavy atom. The van der Waals surface area contributed by atoms with E-state index in [1.807, 2.05) is 0 Å². The highest BCUT2D eigenvalue weighted by atomic mass is 32.2. The van der Waals surface area contributed by atoms with E-state index in [0.29, 0.717) is 16.8 Å². The maximum Gasteiger partial charge on any atom is 0.262 e. The zero-order valence-corrected chi connectivity index (χ0v) is 12.0. The molecule has 0 amide bonds. The monoisotopic (exact) mass is 293 g/mol. The molecule has 0 saturated heterocycles. The number of sulfonamides is 1. The molecule has 106 valence electrons. The standard InChI is InChI=1S/C13H15N3O3S/c1-9-3-11(7-17)4-13(10(9)2)20(18,19)16-12-5-14-8-15-6-12/h3-6,8,16-17H,7H2,1-2H3. The second-order valence-corrected chi connectivity index (χ2v) is 6.08. The van der Waals surface area contributed by atoms with Gasteiger partial charge in [-0.3, -0.25) is 4.72 Å². The molecule has 20 heavy (non-hydrogen) atoms. The molecule has 0 aliphatic rings. The fraction of sp³-hybridized carbons (Fsp3) is 0.231. The van der Waals surface area contributed by atoms with Gasteiger partial charge in [-0.1, -0.05) is 6.07 Å². The van der Waals surface area contributed by atoms with Crippen LogP contribution >= 0.6 is 0 Å². The number of nitrogens with zero attached hydrogens (tertiary/aromatic N) is 2. The van der Waals surface area contributed by atoms with Gasteiger partial charge in [-0.2, -0.15) is 0 Å². The van der Waals surface area contributed by atoms with Crippen molar-refractivity contribution in [3.63, 3.8) is 0 Å². The Labute approximate surface area is 117 Å². The predicted molar refractivity (Wildman–Crippen MR) is 74.7 cm³/mol. The summed E-state index contributed by atoms with van der Waals surface area (Å²) >= 11 is 0. The van der Waals surface area contributed by atoms with Gasteiger partial charge in [0.1, 0.15) is 6.33 Å². The molecule has 6 nitrogen and oxygen atoms in total. The summed E-state index contributed by atoms with van der Waals surface area (Å²) in [6, 6.07) is 3.23. The molecule has 1 aromatic carbocycles. The van der Waals surface area contributed by atoms with Gasteiger partial charge in [0.2, 0.25) is 0 Å². The SMILES string of the molecule is Cc1cc(CO)cc(S(=O)(=O)Nc2cncnc2)c1C. The van der Waals surface area contributed by atoms with Gasteiger partial charge in [0.15, 0.2) is 0 Å². The van der Waals surface area contributed by atoms with Crippen LogP contribution in [-0.2, 0) is 16.6 Å². The number of hydrogen-bond acceptors (Lipinski definition) is 5. The van der Waals surface area contributed by atoms with Crippen LogP contribution in [0.15, 0.2) is 35.7 Å². The normalized spacial score (nSPS) is 11.3. The summed E-state index contributed by atoms with van der Waals surface area (Å²) < 4.78 is 27.2. The van der Waals surface area contributed by atoms with E-state index in [1.165, 1.54) is 24.8 Å². The first kappa shape index (κ1) is 14.4. The minimum absolute atomic E-state index is 0.144. The minimum Gasteiger partial charge on any atom is -0.392 e. The molecule has 2 rings (SSSR count). The highest BCUT2D eigenvalue weighted by molar-refractivity contribution is 7.92. The second-order valence-electron chi connectivity index (χ2n) is 4.43. The Morgan fingerprint density at radius 1 is 1.20 bits per heavy atom. The molecule has 0 aliphatic carbocycles. The molecule has 0 aliphatic heterocycles. The summed E-state index contributed by atoms with van der Waals surface area (Å²) in [6.07, 6.45) is 4.07. The smallest absolute Gasteiger partial charge is 0.262 e. The average molecular weight is 293 g/mol. The number of aromatic nitrogens is 2. The summed E-state index contributed by atoms with van der Waals surface area (Å²) in [5.41, 5.74) is 2.30. The van der Waals surface area contributed by atoms with Crippen molar-refractivity contribution in [1.82, 2.24) is 9.97 Å². The number of benzene rings is 1. The van der Waals surface area contributed by atoms with E-state index >= 15 is 0 Å². The van der Waals surface area contributed by atoms with Gasteiger partial charge < -0.3 is 5.11 Å². The summed E-state index contributed by atoms with van der Waals surface area (Å²) in [7, 11) is -3.74. The van der Waals surface area contributed by atoms with Gasteiger partial charge in [0.25, 0.3) is 10.0 Å². The molecule has 0 fully saturated rings. The Hall–Kier alpha value is -1.99. The van der Waals surface area contributed by atoms with Crippen molar-refractivity contribution in [3.05, 3.63) is 47.5 Å². The van der Waals surface area contributed by atoms with Crippen molar-refractivity contribution < 1.29 is 13.5 Å². The zero-order chi connectivity index (χ0) is 14.8. The van der Waals surface area contributed by atoms with Crippen LogP contribution in [0.1, 0.15) is 16.7 Å². The van der Waals surface area contributed by atoms with Crippen LogP contribution in [0.5, 0.6) is 0 Å². The molecule has 0 spiro atoms. The van der Waals surface area contributed by atoms with Crippen LogP contribution in [0.4, 0.5) is 5.69 Å². The number of aliphatic hydroxyl groups excluding tert-OH is 1. The Bertz CT molecular complexity index is 715. The topological polar surface area (TPSA) is 92.2 Å². The highest BCUT2D eigenvalue weighted by Gasteiger charge is 2.19. The lowest BCUT2D eigenvalue weighted by Crippen LogP contribution is -2.15. The van der Waals surface area contributed by atoms with Crippen molar-refractivity contribution in [3.8, 4) is 0 Å². The summed E-state index contributed by atoms with van der Waals surface area (Å²) in [5.74, 6) is 0. The third-order valence-electron chi connectivity index (χ3n) is 2.96. The molecule has 0 radical (unpaired) electrons. The number of aryl methyl sites for hydroxylation is 1. The van der Waals surface area contributed by atoms with E-state index in [1.54, 1.807) is 19.9 Å². The summed E-state index contributed by atoms with van der Waals surface area (Å²) in [6.45, 7) is 3.32. The molecule has 0 atom stereocenters. The average Bonchev–Trinajstić information content (AvgIpc) is 2.42. The molecule has 2 N–H and O–H groups in total. The largest absolute Gasteiger partial charge is 0.392 e. The van der Waals surface area contributed by atoms with Crippen molar-refractivity contribution in [2.75, 3.05) is 4.72 Å². The number of hydrogen-bond donors (Lipinski definition) is 2.